The highest BCUT2D eigenvalue weighted by Gasteiger charge is 1.95. The van der Waals surface area contributed by atoms with Gasteiger partial charge in [0.25, 0.3) is 0 Å². The van der Waals surface area contributed by atoms with Gasteiger partial charge in [-0.1, -0.05) is 11.6 Å². The summed E-state index contributed by atoms with van der Waals surface area (Å²) in [5.41, 5.74) is 0. The van der Waals surface area contributed by atoms with Crippen molar-refractivity contribution in [2.75, 3.05) is 38.8 Å². The molecule has 1 heterocycles. The lowest BCUT2D eigenvalue weighted by atomic mass is 10.4. The summed E-state index contributed by atoms with van der Waals surface area (Å²) < 4.78 is 10.2. The second-order valence-electron chi connectivity index (χ2n) is 3.11. The van der Waals surface area contributed by atoms with Gasteiger partial charge in [-0.05, 0) is 6.42 Å². The first-order valence-electron chi connectivity index (χ1n) is 5.11. The molecule has 16 heavy (non-hydrogen) atoms. The molecule has 1 rings (SSSR count). The van der Waals surface area contributed by atoms with Gasteiger partial charge in [-0.25, -0.2) is 4.98 Å². The third-order valence-electron chi connectivity index (χ3n) is 1.81. The highest BCUT2D eigenvalue weighted by Crippen LogP contribution is 2.06. The van der Waals surface area contributed by atoms with Crippen LogP contribution in [0.5, 0.6) is 0 Å². The zero-order chi connectivity index (χ0) is 11.6. The molecule has 90 valence electrons. The number of ether oxygens (including phenoxy) is 2. The molecule has 0 atom stereocenters. The lowest BCUT2D eigenvalue weighted by molar-refractivity contribution is 0.0705. The van der Waals surface area contributed by atoms with Crippen molar-refractivity contribution in [1.29, 1.82) is 0 Å². The van der Waals surface area contributed by atoms with Gasteiger partial charge in [0.05, 0.1) is 25.6 Å². The Kier molecular flexibility index (Phi) is 6.80. The molecule has 0 saturated heterocycles. The smallest absolute Gasteiger partial charge is 0.149 e. The molecule has 0 bridgehead atoms. The third kappa shape index (κ3) is 5.85. The third-order valence-corrected chi connectivity index (χ3v) is 1.99. The van der Waals surface area contributed by atoms with E-state index < -0.39 is 0 Å². The maximum atomic E-state index is 5.69. The minimum atomic E-state index is 0.390. The van der Waals surface area contributed by atoms with Crippen LogP contribution in [0.2, 0.25) is 5.15 Å². The largest absolute Gasteiger partial charge is 0.382 e. The molecule has 1 aromatic rings. The van der Waals surface area contributed by atoms with E-state index in [-0.39, 0.29) is 0 Å². The Hall–Kier alpha value is -0.910. The number of nitrogens with zero attached hydrogens (tertiary/aromatic N) is 2. The van der Waals surface area contributed by atoms with Crippen LogP contribution in [-0.4, -0.2) is 43.4 Å². The molecule has 0 spiro atoms. The van der Waals surface area contributed by atoms with E-state index in [1.54, 1.807) is 13.3 Å². The summed E-state index contributed by atoms with van der Waals surface area (Å²) in [7, 11) is 1.66. The number of nitrogens with one attached hydrogen (secondary N) is 1. The average Bonchev–Trinajstić information content (AvgIpc) is 2.28. The molecule has 0 radical (unpaired) electrons. The normalized spacial score (nSPS) is 10.4. The zero-order valence-corrected chi connectivity index (χ0v) is 10.0. The summed E-state index contributed by atoms with van der Waals surface area (Å²) in [4.78, 5) is 7.97. The molecule has 0 aliphatic rings. The van der Waals surface area contributed by atoms with E-state index in [2.05, 4.69) is 15.3 Å². The van der Waals surface area contributed by atoms with Crippen LogP contribution in [0.15, 0.2) is 12.4 Å². The van der Waals surface area contributed by atoms with Crippen molar-refractivity contribution >= 4 is 17.4 Å². The van der Waals surface area contributed by atoms with Gasteiger partial charge in [-0.2, -0.15) is 0 Å². The number of aromatic nitrogens is 2. The minimum absolute atomic E-state index is 0.390. The summed E-state index contributed by atoms with van der Waals surface area (Å²) in [5, 5.41) is 3.50. The lowest BCUT2D eigenvalue weighted by Crippen LogP contribution is -2.09. The highest BCUT2D eigenvalue weighted by atomic mass is 35.5. The van der Waals surface area contributed by atoms with E-state index in [0.717, 1.165) is 13.0 Å². The van der Waals surface area contributed by atoms with Crippen molar-refractivity contribution in [3.63, 3.8) is 0 Å². The molecule has 1 aromatic heterocycles. The van der Waals surface area contributed by atoms with Gasteiger partial charge in [0.2, 0.25) is 0 Å². The Morgan fingerprint density at radius 2 is 2.19 bits per heavy atom. The van der Waals surface area contributed by atoms with Crippen LogP contribution in [0, 0.1) is 0 Å². The monoisotopic (exact) mass is 245 g/mol. The SMILES string of the molecule is COCCOCCCNc1cncc(Cl)n1. The Morgan fingerprint density at radius 3 is 2.94 bits per heavy atom. The van der Waals surface area contributed by atoms with Crippen LogP contribution < -0.4 is 5.32 Å². The molecule has 0 aliphatic carbocycles. The number of rotatable bonds is 8. The predicted molar refractivity (Wildman–Crippen MR) is 62.8 cm³/mol. The van der Waals surface area contributed by atoms with E-state index in [4.69, 9.17) is 21.1 Å². The molecule has 0 aromatic carbocycles. The van der Waals surface area contributed by atoms with E-state index in [1.807, 2.05) is 0 Å². The molecule has 0 amide bonds. The fraction of sp³-hybridized carbons (Fsp3) is 0.600. The van der Waals surface area contributed by atoms with Gasteiger partial charge >= 0.3 is 0 Å². The topological polar surface area (TPSA) is 56.3 Å². The number of anilines is 1. The van der Waals surface area contributed by atoms with Crippen molar-refractivity contribution < 1.29 is 9.47 Å². The van der Waals surface area contributed by atoms with Crippen LogP contribution in [0.1, 0.15) is 6.42 Å². The van der Waals surface area contributed by atoms with E-state index in [0.29, 0.717) is 30.8 Å². The summed E-state index contributed by atoms with van der Waals surface area (Å²) in [6.45, 7) is 2.74. The number of methoxy groups -OCH3 is 1. The molecule has 1 N–H and O–H groups in total. The molecule has 5 nitrogen and oxygen atoms in total. The summed E-state index contributed by atoms with van der Waals surface area (Å²) >= 11 is 5.69. The van der Waals surface area contributed by atoms with Crippen molar-refractivity contribution in [3.8, 4) is 0 Å². The average molecular weight is 246 g/mol. The van der Waals surface area contributed by atoms with E-state index >= 15 is 0 Å². The molecule has 0 unspecified atom stereocenters. The summed E-state index contributed by atoms with van der Waals surface area (Å²) in [5.74, 6) is 0.685. The van der Waals surface area contributed by atoms with E-state index in [9.17, 15) is 0 Å². The molecule has 0 fully saturated rings. The molecular formula is C10H16ClN3O2. The van der Waals surface area contributed by atoms with Gasteiger partial charge in [0, 0.05) is 20.3 Å². The Bertz CT molecular complexity index is 299. The van der Waals surface area contributed by atoms with Crippen molar-refractivity contribution in [1.82, 2.24) is 9.97 Å². The molecular weight excluding hydrogens is 230 g/mol. The fourth-order valence-corrected chi connectivity index (χ4v) is 1.21. The lowest BCUT2D eigenvalue weighted by Gasteiger charge is -2.05. The fourth-order valence-electron chi connectivity index (χ4n) is 1.06. The number of halogens is 1. The van der Waals surface area contributed by atoms with Gasteiger partial charge in [0.15, 0.2) is 0 Å². The molecule has 0 saturated carbocycles. The first-order chi connectivity index (χ1) is 7.83. The maximum Gasteiger partial charge on any atom is 0.149 e. The second kappa shape index (κ2) is 8.27. The predicted octanol–water partition coefficient (Wildman–Crippen LogP) is 1.59. The zero-order valence-electron chi connectivity index (χ0n) is 9.28. The van der Waals surface area contributed by atoms with Crippen molar-refractivity contribution in [2.45, 2.75) is 6.42 Å². The maximum absolute atomic E-state index is 5.69. The van der Waals surface area contributed by atoms with Crippen LogP contribution in [0.4, 0.5) is 5.82 Å². The van der Waals surface area contributed by atoms with Crippen molar-refractivity contribution in [3.05, 3.63) is 17.5 Å². The second-order valence-corrected chi connectivity index (χ2v) is 3.50. The van der Waals surface area contributed by atoms with Gasteiger partial charge in [0.1, 0.15) is 11.0 Å². The first-order valence-corrected chi connectivity index (χ1v) is 5.49. The molecule has 0 aliphatic heterocycles. The van der Waals surface area contributed by atoms with Crippen LogP contribution >= 0.6 is 11.6 Å². The van der Waals surface area contributed by atoms with Crippen LogP contribution in [0.3, 0.4) is 0 Å². The first kappa shape index (κ1) is 13.2. The van der Waals surface area contributed by atoms with E-state index in [1.165, 1.54) is 6.20 Å². The standard InChI is InChI=1S/C10H16ClN3O2/c1-15-5-6-16-4-2-3-13-10-8-12-7-9(11)14-10/h7-8H,2-6H2,1H3,(H,13,14). The highest BCUT2D eigenvalue weighted by molar-refractivity contribution is 6.29. The Labute approximate surface area is 100 Å². The Morgan fingerprint density at radius 1 is 1.31 bits per heavy atom. The summed E-state index contributed by atoms with van der Waals surface area (Å²) in [6, 6.07) is 0. The van der Waals surface area contributed by atoms with Crippen LogP contribution in [0.25, 0.3) is 0 Å². The Balaban J connectivity index is 2.03. The minimum Gasteiger partial charge on any atom is -0.382 e. The van der Waals surface area contributed by atoms with Crippen molar-refractivity contribution in [2.24, 2.45) is 0 Å². The quantitative estimate of drug-likeness (QED) is 0.705. The molecule has 6 heteroatoms. The number of hydrogen-bond donors (Lipinski definition) is 1. The summed E-state index contributed by atoms with van der Waals surface area (Å²) in [6.07, 6.45) is 4.04. The van der Waals surface area contributed by atoms with Gasteiger partial charge < -0.3 is 14.8 Å². The van der Waals surface area contributed by atoms with Gasteiger partial charge in [-0.15, -0.1) is 0 Å². The van der Waals surface area contributed by atoms with Gasteiger partial charge in [-0.3, -0.25) is 4.98 Å². The van der Waals surface area contributed by atoms with Crippen LogP contribution in [-0.2, 0) is 9.47 Å². The number of hydrogen-bond acceptors (Lipinski definition) is 5.